The Labute approximate surface area is 129 Å². The van der Waals surface area contributed by atoms with Crippen molar-refractivity contribution in [1.29, 1.82) is 0 Å². The highest BCUT2D eigenvalue weighted by molar-refractivity contribution is 7.80. The third kappa shape index (κ3) is 5.62. The summed E-state index contributed by atoms with van der Waals surface area (Å²) < 4.78 is 0. The molecule has 2 rings (SSSR count). The Morgan fingerprint density at radius 3 is 2.76 bits per heavy atom. The molecule has 0 atom stereocenters. The Bertz CT molecular complexity index is 591. The number of carbonyl (C=O) groups is 1. The predicted octanol–water partition coefficient (Wildman–Crippen LogP) is 2.84. The molecule has 0 bridgehead atoms. The first-order valence-electron chi connectivity index (χ1n) is 6.67. The number of benzene rings is 1. The molecular formula is C16H17N3OS. The fourth-order valence-electron chi connectivity index (χ4n) is 1.78. The number of thiocarbonyl (C=S) groups is 1. The number of nitrogens with one attached hydrogen (secondary N) is 3. The highest BCUT2D eigenvalue weighted by Gasteiger charge is 2.04. The standard InChI is InChI=1S/C16H17N3OS/c20-15(12-13-8-4-1-2-5-9-13)18-19-16(21)17-14-10-6-3-7-11-14/h1,3-11H,2,12H2,(H,18,20)(H2,17,19,21). The summed E-state index contributed by atoms with van der Waals surface area (Å²) in [4.78, 5) is 11.8. The van der Waals surface area contributed by atoms with E-state index in [0.717, 1.165) is 17.7 Å². The van der Waals surface area contributed by atoms with Crippen LogP contribution >= 0.6 is 12.2 Å². The van der Waals surface area contributed by atoms with Gasteiger partial charge in [0, 0.05) is 5.69 Å². The Morgan fingerprint density at radius 2 is 1.95 bits per heavy atom. The second kappa shape index (κ2) is 8.01. The van der Waals surface area contributed by atoms with Gasteiger partial charge in [0.1, 0.15) is 0 Å². The number of allylic oxidation sites excluding steroid dienone is 5. The Balaban J connectivity index is 1.75. The van der Waals surface area contributed by atoms with E-state index in [1.807, 2.05) is 60.7 Å². The van der Waals surface area contributed by atoms with Gasteiger partial charge in [-0.2, -0.15) is 0 Å². The molecule has 0 radical (unpaired) electrons. The van der Waals surface area contributed by atoms with Gasteiger partial charge >= 0.3 is 0 Å². The molecule has 1 aliphatic rings. The first-order chi connectivity index (χ1) is 10.2. The zero-order valence-electron chi connectivity index (χ0n) is 11.5. The molecular weight excluding hydrogens is 282 g/mol. The fraction of sp³-hybridized carbons (Fsp3) is 0.125. The molecule has 0 aromatic heterocycles. The number of hydrazine groups is 1. The van der Waals surface area contributed by atoms with Crippen molar-refractivity contribution in [3.8, 4) is 0 Å². The normalized spacial score (nSPS) is 13.0. The predicted molar refractivity (Wildman–Crippen MR) is 89.5 cm³/mol. The molecule has 0 aliphatic heterocycles. The first-order valence-corrected chi connectivity index (χ1v) is 7.08. The molecule has 21 heavy (non-hydrogen) atoms. The molecule has 0 unspecified atom stereocenters. The van der Waals surface area contributed by atoms with Crippen LogP contribution in [0.25, 0.3) is 0 Å². The summed E-state index contributed by atoms with van der Waals surface area (Å²) >= 11 is 5.10. The molecule has 0 saturated heterocycles. The van der Waals surface area contributed by atoms with E-state index >= 15 is 0 Å². The minimum Gasteiger partial charge on any atom is -0.331 e. The molecule has 0 spiro atoms. The van der Waals surface area contributed by atoms with Gasteiger partial charge in [0.05, 0.1) is 6.42 Å². The molecule has 3 N–H and O–H groups in total. The Hall–Kier alpha value is -2.40. The van der Waals surface area contributed by atoms with Crippen LogP contribution in [0.5, 0.6) is 0 Å². The van der Waals surface area contributed by atoms with E-state index in [1.54, 1.807) is 0 Å². The highest BCUT2D eigenvalue weighted by atomic mass is 32.1. The average molecular weight is 299 g/mol. The smallest absolute Gasteiger partial charge is 0.242 e. The molecule has 1 aromatic carbocycles. The molecule has 1 aliphatic carbocycles. The van der Waals surface area contributed by atoms with Crippen molar-refractivity contribution in [2.75, 3.05) is 5.32 Å². The van der Waals surface area contributed by atoms with Crippen molar-refractivity contribution in [3.63, 3.8) is 0 Å². The van der Waals surface area contributed by atoms with Gasteiger partial charge in [0.2, 0.25) is 5.91 Å². The van der Waals surface area contributed by atoms with Crippen molar-refractivity contribution >= 4 is 28.9 Å². The maximum Gasteiger partial charge on any atom is 0.242 e. The van der Waals surface area contributed by atoms with Crippen LogP contribution in [0.4, 0.5) is 5.69 Å². The van der Waals surface area contributed by atoms with Gasteiger partial charge in [-0.25, -0.2) is 0 Å². The lowest BCUT2D eigenvalue weighted by Crippen LogP contribution is -2.43. The zero-order valence-corrected chi connectivity index (χ0v) is 12.3. The molecule has 4 nitrogen and oxygen atoms in total. The second-order valence-electron chi connectivity index (χ2n) is 4.48. The summed E-state index contributed by atoms with van der Waals surface area (Å²) in [5.74, 6) is -0.140. The number of para-hydroxylation sites is 1. The van der Waals surface area contributed by atoms with Crippen LogP contribution in [0.3, 0.4) is 0 Å². The van der Waals surface area contributed by atoms with E-state index in [4.69, 9.17) is 12.2 Å². The van der Waals surface area contributed by atoms with Crippen LogP contribution in [-0.2, 0) is 4.79 Å². The van der Waals surface area contributed by atoms with E-state index in [-0.39, 0.29) is 5.91 Å². The van der Waals surface area contributed by atoms with Crippen molar-refractivity contribution in [2.45, 2.75) is 12.8 Å². The second-order valence-corrected chi connectivity index (χ2v) is 4.89. The summed E-state index contributed by atoms with van der Waals surface area (Å²) in [6.45, 7) is 0. The topological polar surface area (TPSA) is 53.2 Å². The summed E-state index contributed by atoms with van der Waals surface area (Å²) in [6, 6.07) is 9.52. The highest BCUT2D eigenvalue weighted by Crippen LogP contribution is 2.08. The van der Waals surface area contributed by atoms with E-state index < -0.39 is 0 Å². The third-order valence-corrected chi connectivity index (χ3v) is 2.97. The van der Waals surface area contributed by atoms with Gasteiger partial charge in [-0.3, -0.25) is 15.6 Å². The molecule has 0 fully saturated rings. The molecule has 5 heteroatoms. The first kappa shape index (κ1) is 15.0. The Kier molecular flexibility index (Phi) is 5.72. The van der Waals surface area contributed by atoms with E-state index in [1.165, 1.54) is 0 Å². The van der Waals surface area contributed by atoms with Crippen LogP contribution < -0.4 is 16.2 Å². The summed E-state index contributed by atoms with van der Waals surface area (Å²) in [6.07, 6.45) is 11.1. The summed E-state index contributed by atoms with van der Waals surface area (Å²) in [5.41, 5.74) is 7.09. The van der Waals surface area contributed by atoms with Crippen LogP contribution in [-0.4, -0.2) is 11.0 Å². The van der Waals surface area contributed by atoms with Gasteiger partial charge < -0.3 is 5.32 Å². The summed E-state index contributed by atoms with van der Waals surface area (Å²) in [5, 5.41) is 3.32. The number of anilines is 1. The maximum absolute atomic E-state index is 11.8. The molecule has 108 valence electrons. The lowest BCUT2D eigenvalue weighted by molar-refractivity contribution is -0.120. The molecule has 0 saturated carbocycles. The number of rotatable bonds is 3. The number of hydrogen-bond donors (Lipinski definition) is 3. The quantitative estimate of drug-likeness (QED) is 0.593. The third-order valence-electron chi connectivity index (χ3n) is 2.76. The van der Waals surface area contributed by atoms with E-state index in [9.17, 15) is 4.79 Å². The monoisotopic (exact) mass is 299 g/mol. The maximum atomic E-state index is 11.8. The van der Waals surface area contributed by atoms with Crippen molar-refractivity contribution in [3.05, 3.63) is 66.3 Å². The van der Waals surface area contributed by atoms with Crippen LogP contribution in [0.2, 0.25) is 0 Å². The van der Waals surface area contributed by atoms with E-state index in [0.29, 0.717) is 11.5 Å². The SMILES string of the molecule is O=C(CC1=CC=CCC=C1)NNC(=S)Nc1ccccc1. The van der Waals surface area contributed by atoms with Crippen LogP contribution in [0.1, 0.15) is 12.8 Å². The van der Waals surface area contributed by atoms with Gasteiger partial charge in [-0.05, 0) is 36.3 Å². The average Bonchev–Trinajstić information content (AvgIpc) is 2.75. The van der Waals surface area contributed by atoms with Crippen molar-refractivity contribution < 1.29 is 4.79 Å². The molecule has 1 aromatic rings. The minimum absolute atomic E-state index is 0.140. The lowest BCUT2D eigenvalue weighted by Gasteiger charge is -2.11. The number of hydrogen-bond acceptors (Lipinski definition) is 2. The number of carbonyl (C=O) groups excluding carboxylic acids is 1. The largest absolute Gasteiger partial charge is 0.331 e. The fourth-order valence-corrected chi connectivity index (χ4v) is 1.95. The van der Waals surface area contributed by atoms with Gasteiger partial charge in [0.25, 0.3) is 0 Å². The van der Waals surface area contributed by atoms with E-state index in [2.05, 4.69) is 16.2 Å². The van der Waals surface area contributed by atoms with Gasteiger partial charge in [0.15, 0.2) is 5.11 Å². The molecule has 1 amide bonds. The zero-order chi connectivity index (χ0) is 14.9. The van der Waals surface area contributed by atoms with Gasteiger partial charge in [-0.1, -0.05) is 48.6 Å². The Morgan fingerprint density at radius 1 is 1.14 bits per heavy atom. The molecule has 0 heterocycles. The summed E-state index contributed by atoms with van der Waals surface area (Å²) in [7, 11) is 0. The lowest BCUT2D eigenvalue weighted by atomic mass is 10.1. The van der Waals surface area contributed by atoms with Gasteiger partial charge in [-0.15, -0.1) is 0 Å². The van der Waals surface area contributed by atoms with Crippen LogP contribution in [0, 0.1) is 0 Å². The number of amides is 1. The van der Waals surface area contributed by atoms with Crippen LogP contribution in [0.15, 0.2) is 66.3 Å². The van der Waals surface area contributed by atoms with Crippen molar-refractivity contribution in [2.24, 2.45) is 0 Å². The van der Waals surface area contributed by atoms with Crippen molar-refractivity contribution in [1.82, 2.24) is 10.9 Å². The minimum atomic E-state index is -0.140.